The summed E-state index contributed by atoms with van der Waals surface area (Å²) >= 11 is 4.67. The van der Waals surface area contributed by atoms with E-state index in [2.05, 4.69) is 11.4 Å². The molecule has 0 aromatic carbocycles. The molecule has 2 heterocycles. The number of rotatable bonds is 4. The van der Waals surface area contributed by atoms with Crippen molar-refractivity contribution < 1.29 is 9.90 Å². The summed E-state index contributed by atoms with van der Waals surface area (Å²) in [5, 5.41) is 16.6. The Morgan fingerprint density at radius 2 is 2.20 bits per heavy atom. The largest absolute Gasteiger partial charge is 0.478 e. The predicted octanol–water partition coefficient (Wildman–Crippen LogP) is 3.80. The number of carboxylic acid groups (broad SMARTS) is 1. The van der Waals surface area contributed by atoms with Crippen molar-refractivity contribution in [3.8, 4) is 0 Å². The van der Waals surface area contributed by atoms with Gasteiger partial charge in [0, 0.05) is 21.4 Å². The predicted molar refractivity (Wildman–Crippen MR) is 65.2 cm³/mol. The molecular formula is C10H8O2S3. The molecule has 5 heteroatoms. The molecule has 2 aromatic rings. The Morgan fingerprint density at radius 3 is 2.87 bits per heavy atom. The number of thioether (sulfide) groups is 1. The molecule has 0 fully saturated rings. The molecule has 0 aliphatic heterocycles. The molecule has 0 aliphatic carbocycles. The molecule has 0 saturated heterocycles. The van der Waals surface area contributed by atoms with Gasteiger partial charge in [0.1, 0.15) is 0 Å². The van der Waals surface area contributed by atoms with Crippen molar-refractivity contribution in [1.82, 2.24) is 0 Å². The lowest BCUT2D eigenvalue weighted by atomic mass is 10.3. The first-order valence-electron chi connectivity index (χ1n) is 4.20. The first kappa shape index (κ1) is 10.7. The van der Waals surface area contributed by atoms with Crippen LogP contribution in [-0.2, 0) is 5.75 Å². The number of hydrogen-bond donors (Lipinski definition) is 1. The highest BCUT2D eigenvalue weighted by atomic mass is 32.2. The third-order valence-corrected chi connectivity index (χ3v) is 4.58. The number of thiophene rings is 2. The molecule has 0 saturated carbocycles. The third-order valence-electron chi connectivity index (χ3n) is 1.83. The Kier molecular flexibility index (Phi) is 3.45. The van der Waals surface area contributed by atoms with Crippen LogP contribution in [0.2, 0.25) is 0 Å². The highest BCUT2D eigenvalue weighted by molar-refractivity contribution is 7.98. The minimum absolute atomic E-state index is 0.417. The third kappa shape index (κ3) is 2.62. The van der Waals surface area contributed by atoms with Crippen molar-refractivity contribution in [3.63, 3.8) is 0 Å². The van der Waals surface area contributed by atoms with Crippen LogP contribution in [-0.4, -0.2) is 11.1 Å². The molecule has 0 unspecified atom stereocenters. The molecule has 0 amide bonds. The molecule has 0 spiro atoms. The summed E-state index contributed by atoms with van der Waals surface area (Å²) in [6.07, 6.45) is 0. The summed E-state index contributed by atoms with van der Waals surface area (Å²) in [5.41, 5.74) is 1.66. The van der Waals surface area contributed by atoms with Gasteiger partial charge >= 0.3 is 5.97 Å². The Labute approximate surface area is 99.6 Å². The van der Waals surface area contributed by atoms with E-state index in [-0.39, 0.29) is 0 Å². The van der Waals surface area contributed by atoms with Gasteiger partial charge < -0.3 is 5.11 Å². The van der Waals surface area contributed by atoms with E-state index in [0.717, 1.165) is 10.6 Å². The molecule has 2 rings (SSSR count). The number of carboxylic acids is 1. The lowest BCUT2D eigenvalue weighted by Gasteiger charge is -1.98. The normalized spacial score (nSPS) is 10.4. The summed E-state index contributed by atoms with van der Waals surface area (Å²) in [7, 11) is 0. The molecule has 0 bridgehead atoms. The van der Waals surface area contributed by atoms with Crippen molar-refractivity contribution in [2.45, 2.75) is 10.6 Å². The summed E-state index contributed by atoms with van der Waals surface area (Å²) in [4.78, 5) is 11.7. The van der Waals surface area contributed by atoms with E-state index in [4.69, 9.17) is 5.11 Å². The van der Waals surface area contributed by atoms with Gasteiger partial charge in [0.2, 0.25) is 0 Å². The van der Waals surface area contributed by atoms with Crippen molar-refractivity contribution in [2.24, 2.45) is 0 Å². The summed E-state index contributed by atoms with van der Waals surface area (Å²) in [6.45, 7) is 0. The van der Waals surface area contributed by atoms with Gasteiger partial charge in [-0.05, 0) is 22.4 Å². The van der Waals surface area contributed by atoms with Gasteiger partial charge in [-0.25, -0.2) is 4.79 Å². The van der Waals surface area contributed by atoms with Crippen LogP contribution in [0.4, 0.5) is 0 Å². The molecule has 0 aliphatic rings. The monoisotopic (exact) mass is 256 g/mol. The Hall–Kier alpha value is -0.780. The Bertz CT molecular complexity index is 445. The van der Waals surface area contributed by atoms with Crippen LogP contribution in [0.3, 0.4) is 0 Å². The fraction of sp³-hybridized carbons (Fsp3) is 0.100. The second-order valence-corrected chi connectivity index (χ2v) is 5.42. The number of aromatic carboxylic acids is 1. The van der Waals surface area contributed by atoms with E-state index < -0.39 is 5.97 Å². The first-order chi connectivity index (χ1) is 7.27. The molecule has 15 heavy (non-hydrogen) atoms. The average molecular weight is 256 g/mol. The maximum Gasteiger partial charge on any atom is 0.337 e. The van der Waals surface area contributed by atoms with Crippen molar-refractivity contribution in [2.75, 3.05) is 0 Å². The standard InChI is InChI=1S/C10H8O2S3/c11-10(12)8-5-14-6-9(8)15-4-7-1-2-13-3-7/h1-3,5-6H,4H2,(H,11,12). The zero-order valence-electron chi connectivity index (χ0n) is 7.67. The molecule has 0 radical (unpaired) electrons. The summed E-state index contributed by atoms with van der Waals surface area (Å²) in [5.74, 6) is -0.00961. The van der Waals surface area contributed by atoms with Crippen LogP contribution < -0.4 is 0 Å². The average Bonchev–Trinajstić information content (AvgIpc) is 2.86. The van der Waals surface area contributed by atoms with E-state index in [1.165, 1.54) is 16.9 Å². The molecular weight excluding hydrogens is 248 g/mol. The number of carbonyl (C=O) groups is 1. The maximum absolute atomic E-state index is 10.8. The van der Waals surface area contributed by atoms with Gasteiger partial charge in [-0.1, -0.05) is 0 Å². The van der Waals surface area contributed by atoms with Gasteiger partial charge in [-0.15, -0.1) is 11.8 Å². The van der Waals surface area contributed by atoms with Crippen molar-refractivity contribution in [3.05, 3.63) is 38.7 Å². The lowest BCUT2D eigenvalue weighted by Crippen LogP contribution is -1.94. The Morgan fingerprint density at radius 1 is 1.33 bits per heavy atom. The maximum atomic E-state index is 10.8. The summed E-state index contributed by atoms with van der Waals surface area (Å²) < 4.78 is 0. The topological polar surface area (TPSA) is 37.3 Å². The van der Waals surface area contributed by atoms with Gasteiger partial charge in [-0.2, -0.15) is 22.7 Å². The lowest BCUT2D eigenvalue weighted by molar-refractivity contribution is 0.0694. The van der Waals surface area contributed by atoms with Crippen LogP contribution in [0.25, 0.3) is 0 Å². The van der Waals surface area contributed by atoms with E-state index in [1.807, 2.05) is 10.8 Å². The molecule has 0 atom stereocenters. The van der Waals surface area contributed by atoms with Crippen LogP contribution in [0.15, 0.2) is 32.5 Å². The second-order valence-electron chi connectivity index (χ2n) is 2.88. The van der Waals surface area contributed by atoms with Gasteiger partial charge in [0.15, 0.2) is 0 Å². The van der Waals surface area contributed by atoms with Crippen LogP contribution in [0, 0.1) is 0 Å². The highest BCUT2D eigenvalue weighted by Gasteiger charge is 2.11. The minimum atomic E-state index is -0.843. The molecule has 2 aromatic heterocycles. The number of hydrogen-bond acceptors (Lipinski definition) is 4. The second kappa shape index (κ2) is 4.83. The quantitative estimate of drug-likeness (QED) is 0.845. The zero-order chi connectivity index (χ0) is 10.7. The minimum Gasteiger partial charge on any atom is -0.478 e. The molecule has 1 N–H and O–H groups in total. The van der Waals surface area contributed by atoms with Gasteiger partial charge in [0.25, 0.3) is 0 Å². The highest BCUT2D eigenvalue weighted by Crippen LogP contribution is 2.29. The fourth-order valence-corrected chi connectivity index (χ4v) is 3.86. The van der Waals surface area contributed by atoms with Crippen LogP contribution >= 0.6 is 34.4 Å². The van der Waals surface area contributed by atoms with E-state index >= 15 is 0 Å². The van der Waals surface area contributed by atoms with E-state index in [0.29, 0.717) is 5.56 Å². The van der Waals surface area contributed by atoms with Gasteiger partial charge in [0.05, 0.1) is 5.56 Å². The van der Waals surface area contributed by atoms with Crippen molar-refractivity contribution in [1.29, 1.82) is 0 Å². The molecule has 2 nitrogen and oxygen atoms in total. The molecule has 78 valence electrons. The summed E-state index contributed by atoms with van der Waals surface area (Å²) in [6, 6.07) is 2.06. The first-order valence-corrected chi connectivity index (χ1v) is 7.08. The fourth-order valence-electron chi connectivity index (χ4n) is 1.09. The smallest absolute Gasteiger partial charge is 0.337 e. The van der Waals surface area contributed by atoms with Crippen LogP contribution in [0.1, 0.15) is 15.9 Å². The van der Waals surface area contributed by atoms with E-state index in [9.17, 15) is 4.79 Å². The van der Waals surface area contributed by atoms with Gasteiger partial charge in [-0.3, -0.25) is 0 Å². The van der Waals surface area contributed by atoms with Crippen LogP contribution in [0.5, 0.6) is 0 Å². The zero-order valence-corrected chi connectivity index (χ0v) is 10.1. The Balaban J connectivity index is 2.05. The van der Waals surface area contributed by atoms with E-state index in [1.54, 1.807) is 28.5 Å². The SMILES string of the molecule is O=C(O)c1cscc1SCc1ccsc1. The van der Waals surface area contributed by atoms with Crippen molar-refractivity contribution >= 4 is 40.4 Å².